The SMILES string of the molecule is CNC(Cc1c(Cl)c(C)nn1C)c1cnns1. The van der Waals surface area contributed by atoms with E-state index in [2.05, 4.69) is 20.0 Å². The molecule has 1 atom stereocenters. The van der Waals surface area contributed by atoms with Crippen molar-refractivity contribution in [1.29, 1.82) is 0 Å². The van der Waals surface area contributed by atoms with Crippen LogP contribution in [0.3, 0.4) is 0 Å². The first kappa shape index (κ1) is 12.5. The maximum atomic E-state index is 6.24. The summed E-state index contributed by atoms with van der Waals surface area (Å²) < 4.78 is 5.71. The molecule has 7 heteroatoms. The van der Waals surface area contributed by atoms with Crippen molar-refractivity contribution in [2.75, 3.05) is 7.05 Å². The van der Waals surface area contributed by atoms with Crippen LogP contribution in [0.2, 0.25) is 5.02 Å². The van der Waals surface area contributed by atoms with Crippen LogP contribution in [0.15, 0.2) is 6.20 Å². The van der Waals surface area contributed by atoms with Gasteiger partial charge in [-0.15, -0.1) is 5.10 Å². The quantitative estimate of drug-likeness (QED) is 0.920. The first-order valence-corrected chi connectivity index (χ1v) is 6.41. The third-order valence-corrected chi connectivity index (χ3v) is 4.00. The highest BCUT2D eigenvalue weighted by Gasteiger charge is 2.18. The molecule has 0 fully saturated rings. The number of rotatable bonds is 4. The minimum Gasteiger partial charge on any atom is -0.312 e. The maximum absolute atomic E-state index is 6.24. The van der Waals surface area contributed by atoms with Crippen LogP contribution in [0, 0.1) is 6.92 Å². The van der Waals surface area contributed by atoms with Gasteiger partial charge in [-0.05, 0) is 25.5 Å². The largest absolute Gasteiger partial charge is 0.312 e. The van der Waals surface area contributed by atoms with Gasteiger partial charge in [0.05, 0.1) is 33.5 Å². The summed E-state index contributed by atoms with van der Waals surface area (Å²) in [5, 5.41) is 12.2. The zero-order chi connectivity index (χ0) is 12.4. The van der Waals surface area contributed by atoms with E-state index in [4.69, 9.17) is 11.6 Å². The Kier molecular flexibility index (Phi) is 3.76. The predicted octanol–water partition coefficient (Wildman–Crippen LogP) is 1.74. The van der Waals surface area contributed by atoms with Gasteiger partial charge in [0, 0.05) is 13.5 Å². The third kappa shape index (κ3) is 2.48. The highest BCUT2D eigenvalue weighted by atomic mass is 35.5. The number of hydrogen-bond donors (Lipinski definition) is 1. The summed E-state index contributed by atoms with van der Waals surface area (Å²) in [4.78, 5) is 1.10. The monoisotopic (exact) mass is 271 g/mol. The molecule has 0 saturated carbocycles. The number of likely N-dealkylation sites (N-methyl/N-ethyl adjacent to an activating group) is 1. The van der Waals surface area contributed by atoms with Crippen LogP contribution < -0.4 is 5.32 Å². The van der Waals surface area contributed by atoms with Crippen molar-refractivity contribution in [2.24, 2.45) is 7.05 Å². The van der Waals surface area contributed by atoms with E-state index in [1.54, 1.807) is 6.20 Å². The van der Waals surface area contributed by atoms with Gasteiger partial charge in [0.25, 0.3) is 0 Å². The lowest BCUT2D eigenvalue weighted by Gasteiger charge is -2.13. The highest BCUT2D eigenvalue weighted by molar-refractivity contribution is 7.05. The van der Waals surface area contributed by atoms with Crippen LogP contribution in [0.1, 0.15) is 22.3 Å². The molecule has 0 radical (unpaired) electrons. The Balaban J connectivity index is 2.24. The van der Waals surface area contributed by atoms with Crippen LogP contribution >= 0.6 is 23.1 Å². The van der Waals surface area contributed by atoms with E-state index < -0.39 is 0 Å². The zero-order valence-electron chi connectivity index (χ0n) is 9.94. The standard InChI is InChI=1S/C10H14ClN5S/c1-6-10(11)8(16(3)14-6)4-7(12-2)9-5-13-15-17-9/h5,7,12H,4H2,1-3H3. The molecule has 0 aromatic carbocycles. The van der Waals surface area contributed by atoms with E-state index in [0.717, 1.165) is 27.7 Å². The van der Waals surface area contributed by atoms with Gasteiger partial charge in [0.15, 0.2) is 0 Å². The van der Waals surface area contributed by atoms with Crippen LogP contribution in [-0.4, -0.2) is 26.4 Å². The minimum atomic E-state index is 0.169. The number of nitrogens with one attached hydrogen (secondary N) is 1. The summed E-state index contributed by atoms with van der Waals surface area (Å²) >= 11 is 7.63. The first-order valence-electron chi connectivity index (χ1n) is 5.26. The molecular formula is C10H14ClN5S. The Hall–Kier alpha value is -0.980. The molecule has 0 spiro atoms. The number of aryl methyl sites for hydroxylation is 2. The molecule has 0 saturated heterocycles. The van der Waals surface area contributed by atoms with Gasteiger partial charge >= 0.3 is 0 Å². The van der Waals surface area contributed by atoms with Crippen LogP contribution in [0.25, 0.3) is 0 Å². The molecule has 0 aliphatic heterocycles. The highest BCUT2D eigenvalue weighted by Crippen LogP contribution is 2.26. The van der Waals surface area contributed by atoms with E-state index in [1.165, 1.54) is 11.5 Å². The summed E-state index contributed by atoms with van der Waals surface area (Å²) in [6.45, 7) is 1.91. The van der Waals surface area contributed by atoms with Gasteiger partial charge in [-0.3, -0.25) is 4.68 Å². The van der Waals surface area contributed by atoms with Crippen molar-refractivity contribution < 1.29 is 0 Å². The predicted molar refractivity (Wildman–Crippen MR) is 68.4 cm³/mol. The zero-order valence-corrected chi connectivity index (χ0v) is 11.5. The Labute approximate surface area is 109 Å². The molecule has 2 aromatic heterocycles. The summed E-state index contributed by atoms with van der Waals surface area (Å²) in [5.74, 6) is 0. The fourth-order valence-electron chi connectivity index (χ4n) is 1.77. The average Bonchev–Trinajstić information content (AvgIpc) is 2.89. The van der Waals surface area contributed by atoms with E-state index in [9.17, 15) is 0 Å². The van der Waals surface area contributed by atoms with E-state index >= 15 is 0 Å². The third-order valence-electron chi connectivity index (χ3n) is 2.73. The minimum absolute atomic E-state index is 0.169. The van der Waals surface area contributed by atoms with Crippen LogP contribution in [0.5, 0.6) is 0 Å². The molecule has 2 rings (SSSR count). The van der Waals surface area contributed by atoms with Crippen molar-refractivity contribution in [3.63, 3.8) is 0 Å². The average molecular weight is 272 g/mol. The van der Waals surface area contributed by atoms with E-state index in [1.807, 2.05) is 25.7 Å². The van der Waals surface area contributed by atoms with Crippen LogP contribution in [-0.2, 0) is 13.5 Å². The second-order valence-electron chi connectivity index (χ2n) is 3.83. The molecule has 0 aliphatic rings. The molecule has 92 valence electrons. The fourth-order valence-corrected chi connectivity index (χ4v) is 2.62. The summed E-state index contributed by atoms with van der Waals surface area (Å²) in [6.07, 6.45) is 2.56. The maximum Gasteiger partial charge on any atom is 0.0847 e. The Morgan fingerprint density at radius 3 is 2.82 bits per heavy atom. The number of hydrogen-bond acceptors (Lipinski definition) is 5. The van der Waals surface area contributed by atoms with E-state index in [-0.39, 0.29) is 6.04 Å². The number of halogens is 1. The number of aromatic nitrogens is 4. The lowest BCUT2D eigenvalue weighted by molar-refractivity contribution is 0.568. The summed E-state index contributed by atoms with van der Waals surface area (Å²) in [6, 6.07) is 0.169. The van der Waals surface area contributed by atoms with Crippen molar-refractivity contribution in [3.8, 4) is 0 Å². The van der Waals surface area contributed by atoms with Gasteiger partial charge in [-0.1, -0.05) is 16.1 Å². The van der Waals surface area contributed by atoms with Gasteiger partial charge < -0.3 is 5.32 Å². The first-order chi connectivity index (χ1) is 8.13. The van der Waals surface area contributed by atoms with Gasteiger partial charge in [-0.2, -0.15) is 5.10 Å². The normalized spacial score (nSPS) is 12.9. The molecular weight excluding hydrogens is 258 g/mol. The molecule has 2 aromatic rings. The molecule has 5 nitrogen and oxygen atoms in total. The second-order valence-corrected chi connectivity index (χ2v) is 5.03. The smallest absolute Gasteiger partial charge is 0.0847 e. The summed E-state index contributed by atoms with van der Waals surface area (Å²) in [5.41, 5.74) is 1.89. The molecule has 1 unspecified atom stereocenters. The van der Waals surface area contributed by atoms with Crippen LogP contribution in [0.4, 0.5) is 0 Å². The van der Waals surface area contributed by atoms with Crippen molar-refractivity contribution in [2.45, 2.75) is 19.4 Å². The lowest BCUT2D eigenvalue weighted by atomic mass is 10.1. The van der Waals surface area contributed by atoms with Crippen molar-refractivity contribution >= 4 is 23.1 Å². The Morgan fingerprint density at radius 1 is 1.59 bits per heavy atom. The number of nitrogens with zero attached hydrogens (tertiary/aromatic N) is 4. The molecule has 1 N–H and O–H groups in total. The second kappa shape index (κ2) is 5.12. The van der Waals surface area contributed by atoms with Gasteiger partial charge in [0.1, 0.15) is 0 Å². The fraction of sp³-hybridized carbons (Fsp3) is 0.500. The van der Waals surface area contributed by atoms with Gasteiger partial charge in [0.2, 0.25) is 0 Å². The topological polar surface area (TPSA) is 55.6 Å². The Morgan fingerprint density at radius 2 is 2.35 bits per heavy atom. The molecule has 0 bridgehead atoms. The molecule has 0 aliphatic carbocycles. The molecule has 0 amide bonds. The summed E-state index contributed by atoms with van der Waals surface area (Å²) in [7, 11) is 3.83. The van der Waals surface area contributed by atoms with Gasteiger partial charge in [-0.25, -0.2) is 0 Å². The van der Waals surface area contributed by atoms with E-state index in [0.29, 0.717) is 0 Å². The van der Waals surface area contributed by atoms with Crippen molar-refractivity contribution in [1.82, 2.24) is 24.7 Å². The molecule has 17 heavy (non-hydrogen) atoms. The Bertz CT molecular complexity index is 493. The van der Waals surface area contributed by atoms with Crippen molar-refractivity contribution in [3.05, 3.63) is 27.5 Å². The molecule has 2 heterocycles. The lowest BCUT2D eigenvalue weighted by Crippen LogP contribution is -2.19.